The maximum atomic E-state index is 12.9. The third-order valence-electron chi connectivity index (χ3n) is 7.25. The molecule has 0 saturated heterocycles. The molecule has 214 valence electrons. The van der Waals surface area contributed by atoms with Crippen molar-refractivity contribution in [2.24, 2.45) is 0 Å². The number of aromatic carboxylic acids is 1. The number of hydrogen-bond donors (Lipinski definition) is 2. The number of anilines is 1. The summed E-state index contributed by atoms with van der Waals surface area (Å²) in [5.41, 5.74) is 3.59. The molecule has 2 heterocycles. The van der Waals surface area contributed by atoms with E-state index < -0.39 is 11.9 Å². The van der Waals surface area contributed by atoms with Crippen LogP contribution < -0.4 is 20.1 Å². The van der Waals surface area contributed by atoms with Gasteiger partial charge in [0, 0.05) is 79.2 Å². The van der Waals surface area contributed by atoms with Crippen LogP contribution in [0, 0.1) is 0 Å². The quantitative estimate of drug-likeness (QED) is 0.145. The Bertz CT molecular complexity index is 1810. The number of carbonyl (C=O) groups is 4. The van der Waals surface area contributed by atoms with Crippen LogP contribution in [0.15, 0.2) is 71.2 Å². The fraction of sp³-hybridized carbons (Fsp3) is 0.219. The summed E-state index contributed by atoms with van der Waals surface area (Å²) in [6.45, 7) is 0.381. The number of carbonyl (C=O) groups excluding carboxylic acids is 3. The second-order valence-electron chi connectivity index (χ2n) is 10.5. The van der Waals surface area contributed by atoms with Gasteiger partial charge in [-0.25, -0.2) is 9.37 Å². The van der Waals surface area contributed by atoms with Crippen molar-refractivity contribution < 1.29 is 28.7 Å². The number of rotatable bonds is 8. The zero-order valence-corrected chi connectivity index (χ0v) is 23.8. The Balaban J connectivity index is 1.53. The van der Waals surface area contributed by atoms with Crippen molar-refractivity contribution in [1.82, 2.24) is 14.8 Å². The second kappa shape index (κ2) is 11.3. The lowest BCUT2D eigenvalue weighted by Crippen LogP contribution is -2.33. The molecule has 3 aliphatic rings. The molecule has 2 aromatic rings. The molecule has 2 aromatic carbocycles. The van der Waals surface area contributed by atoms with Crippen LogP contribution >= 0.6 is 0 Å². The highest BCUT2D eigenvalue weighted by atomic mass is 16.4. The van der Waals surface area contributed by atoms with Gasteiger partial charge in [-0.15, -0.1) is 0 Å². The molecule has 0 aromatic heterocycles. The van der Waals surface area contributed by atoms with E-state index in [-0.39, 0.29) is 36.0 Å². The van der Waals surface area contributed by atoms with E-state index in [2.05, 4.69) is 5.32 Å². The minimum absolute atomic E-state index is 0.0239. The largest absolute Gasteiger partial charge is 0.478 e. The van der Waals surface area contributed by atoms with Gasteiger partial charge in [0.2, 0.25) is 5.36 Å². The van der Waals surface area contributed by atoms with Crippen molar-refractivity contribution >= 4 is 40.3 Å². The molecule has 0 spiro atoms. The molecule has 0 bridgehead atoms. The number of imide groups is 1. The smallest absolute Gasteiger partial charge is 0.336 e. The van der Waals surface area contributed by atoms with Crippen LogP contribution in [0.2, 0.25) is 0 Å². The highest BCUT2D eigenvalue weighted by Crippen LogP contribution is 2.42. The third-order valence-corrected chi connectivity index (χ3v) is 7.25. The Labute approximate surface area is 242 Å². The third kappa shape index (κ3) is 5.38. The molecule has 0 atom stereocenters. The minimum atomic E-state index is -1.17. The lowest BCUT2D eigenvalue weighted by molar-refractivity contribution is -0.136. The standard InChI is InChI=1S/C32H30N4O6/c1-34(2)20-7-10-23-26(17-20)42-27-18-21(35(3)4)8-11-24(27)30(23)22-9-6-19(16-25(22)32(40)41)31(39)33-14-5-15-36-28(37)12-13-29(36)38/h6-13,16-18H,5,14-15H2,1-4H3,(H-,33,39,40,41)/p+1. The van der Waals surface area contributed by atoms with Gasteiger partial charge in [0.15, 0.2) is 0 Å². The highest BCUT2D eigenvalue weighted by molar-refractivity contribution is 6.13. The number of fused-ring (bicyclic) bond motifs is 2. The van der Waals surface area contributed by atoms with E-state index >= 15 is 0 Å². The van der Waals surface area contributed by atoms with Gasteiger partial charge in [-0.05, 0) is 42.3 Å². The summed E-state index contributed by atoms with van der Waals surface area (Å²) in [6, 6.07) is 16.2. The normalized spacial score (nSPS) is 12.8. The van der Waals surface area contributed by atoms with Crippen LogP contribution in [0.3, 0.4) is 0 Å². The van der Waals surface area contributed by atoms with Gasteiger partial charge in [0.05, 0.1) is 11.6 Å². The van der Waals surface area contributed by atoms with Gasteiger partial charge >= 0.3 is 5.97 Å². The van der Waals surface area contributed by atoms with Gasteiger partial charge in [-0.3, -0.25) is 19.3 Å². The highest BCUT2D eigenvalue weighted by Gasteiger charge is 2.24. The predicted molar refractivity (Wildman–Crippen MR) is 159 cm³/mol. The second-order valence-corrected chi connectivity index (χ2v) is 10.5. The lowest BCUT2D eigenvalue weighted by atomic mass is 9.89. The van der Waals surface area contributed by atoms with Crippen LogP contribution in [0.4, 0.5) is 5.69 Å². The summed E-state index contributed by atoms with van der Waals surface area (Å²) >= 11 is 0. The number of nitrogens with one attached hydrogen (secondary N) is 1. The van der Waals surface area contributed by atoms with Gasteiger partial charge < -0.3 is 19.7 Å². The Hall–Kier alpha value is -5.25. The monoisotopic (exact) mass is 567 g/mol. The fourth-order valence-corrected chi connectivity index (χ4v) is 4.99. The van der Waals surface area contributed by atoms with E-state index in [1.54, 1.807) is 12.1 Å². The summed E-state index contributed by atoms with van der Waals surface area (Å²) in [5.74, 6) is -1.78. The van der Waals surface area contributed by atoms with E-state index in [0.29, 0.717) is 28.9 Å². The summed E-state index contributed by atoms with van der Waals surface area (Å²) in [5, 5.41) is 14.7. The van der Waals surface area contributed by atoms with Crippen LogP contribution in [0.25, 0.3) is 33.4 Å². The van der Waals surface area contributed by atoms with Crippen LogP contribution in [-0.2, 0) is 9.59 Å². The SMILES string of the molecule is CN(C)c1ccc2c(-c3ccc(C(=O)NCCCN4C(=O)C=CC4=O)cc3C(=O)O)c3ccc(=[N+](C)C)cc-3oc2c1. The first kappa shape index (κ1) is 28.3. The van der Waals surface area contributed by atoms with E-state index in [0.717, 1.165) is 26.9 Å². The Morgan fingerprint density at radius 1 is 0.952 bits per heavy atom. The predicted octanol–water partition coefficient (Wildman–Crippen LogP) is 3.05. The van der Waals surface area contributed by atoms with Crippen molar-refractivity contribution in [3.05, 3.63) is 83.2 Å². The Kier molecular flexibility index (Phi) is 7.62. The molecular formula is C32H31N4O6+. The molecular weight excluding hydrogens is 536 g/mol. The topological polar surface area (TPSA) is 123 Å². The minimum Gasteiger partial charge on any atom is -0.478 e. The average molecular weight is 568 g/mol. The summed E-state index contributed by atoms with van der Waals surface area (Å²) < 4.78 is 8.30. The number of carboxylic acid groups (broad SMARTS) is 1. The van der Waals surface area contributed by atoms with Gasteiger partial charge in [0.1, 0.15) is 25.4 Å². The molecule has 0 radical (unpaired) electrons. The number of amides is 3. The molecule has 10 nitrogen and oxygen atoms in total. The zero-order valence-electron chi connectivity index (χ0n) is 23.8. The summed E-state index contributed by atoms with van der Waals surface area (Å²) in [7, 11) is 7.73. The van der Waals surface area contributed by atoms with Crippen LogP contribution in [0.1, 0.15) is 27.1 Å². The zero-order chi connectivity index (χ0) is 30.1. The summed E-state index contributed by atoms with van der Waals surface area (Å²) in [6.07, 6.45) is 2.79. The van der Waals surface area contributed by atoms with Gasteiger partial charge in [-0.2, -0.15) is 0 Å². The number of hydrogen-bond acceptors (Lipinski definition) is 6. The van der Waals surface area contributed by atoms with E-state index in [1.807, 2.05) is 74.1 Å². The molecule has 42 heavy (non-hydrogen) atoms. The summed E-state index contributed by atoms with van der Waals surface area (Å²) in [4.78, 5) is 52.0. The molecule has 10 heteroatoms. The molecule has 2 N–H and O–H groups in total. The van der Waals surface area contributed by atoms with Crippen molar-refractivity contribution in [2.75, 3.05) is 46.2 Å². The first-order valence-corrected chi connectivity index (χ1v) is 13.4. The first-order chi connectivity index (χ1) is 20.0. The fourth-order valence-electron chi connectivity index (χ4n) is 4.99. The Morgan fingerprint density at radius 3 is 2.33 bits per heavy atom. The van der Waals surface area contributed by atoms with Crippen molar-refractivity contribution in [1.29, 1.82) is 0 Å². The van der Waals surface area contributed by atoms with E-state index in [4.69, 9.17) is 4.42 Å². The molecule has 0 unspecified atom stereocenters. The first-order valence-electron chi connectivity index (χ1n) is 13.4. The van der Waals surface area contributed by atoms with E-state index in [9.17, 15) is 24.3 Å². The van der Waals surface area contributed by atoms with Crippen LogP contribution in [-0.4, -0.2) is 75.0 Å². The number of benzene rings is 3. The van der Waals surface area contributed by atoms with Gasteiger partial charge in [-0.1, -0.05) is 6.07 Å². The van der Waals surface area contributed by atoms with Crippen molar-refractivity contribution in [2.45, 2.75) is 6.42 Å². The van der Waals surface area contributed by atoms with Gasteiger partial charge in [0.25, 0.3) is 17.7 Å². The lowest BCUT2D eigenvalue weighted by Gasteiger charge is -2.19. The molecule has 3 amide bonds. The van der Waals surface area contributed by atoms with Crippen molar-refractivity contribution in [3.63, 3.8) is 0 Å². The van der Waals surface area contributed by atoms with Crippen LogP contribution in [0.5, 0.6) is 0 Å². The molecule has 2 aliphatic heterocycles. The molecule has 1 aliphatic carbocycles. The Morgan fingerprint density at radius 2 is 1.67 bits per heavy atom. The van der Waals surface area contributed by atoms with E-state index in [1.165, 1.54) is 18.2 Å². The average Bonchev–Trinajstić information content (AvgIpc) is 3.29. The molecule has 0 saturated carbocycles. The molecule has 5 rings (SSSR count). The number of nitrogens with zero attached hydrogens (tertiary/aromatic N) is 3. The van der Waals surface area contributed by atoms with Crippen molar-refractivity contribution in [3.8, 4) is 22.5 Å². The number of carboxylic acids is 1. The maximum absolute atomic E-state index is 12.9. The maximum Gasteiger partial charge on any atom is 0.336 e. The molecule has 0 fully saturated rings.